The van der Waals surface area contributed by atoms with Gasteiger partial charge in [0.1, 0.15) is 0 Å². The van der Waals surface area contributed by atoms with Gasteiger partial charge in [-0.05, 0) is 19.3 Å². The van der Waals surface area contributed by atoms with E-state index in [0.29, 0.717) is 13.2 Å². The van der Waals surface area contributed by atoms with Crippen LogP contribution in [0.5, 0.6) is 0 Å². The standard InChI is InChI=1S/C8H19O5P.C3H8S2/c1-3-5-7-10-12-14(9)13-11-8-6-4-2;1-2-3-5-4/h9H,3-8H2,1-2H3;4H,2-3H2,1H3. The first-order chi connectivity index (χ1) is 9.22. The number of thiol groups is 1. The van der Waals surface area contributed by atoms with Gasteiger partial charge in [0.15, 0.2) is 0 Å². The van der Waals surface area contributed by atoms with Gasteiger partial charge < -0.3 is 4.89 Å². The highest BCUT2D eigenvalue weighted by molar-refractivity contribution is 8.68. The smallest absolute Gasteiger partial charge is 0.325 e. The van der Waals surface area contributed by atoms with Crippen LogP contribution in [0.1, 0.15) is 52.9 Å². The van der Waals surface area contributed by atoms with Crippen LogP contribution in [0.25, 0.3) is 0 Å². The molecular formula is C11H27O5PS2. The largest absolute Gasteiger partial charge is 0.389 e. The number of unbranched alkanes of at least 4 members (excludes halogenated alkanes) is 2. The minimum absolute atomic E-state index is 0.453. The molecule has 19 heavy (non-hydrogen) atoms. The lowest BCUT2D eigenvalue weighted by Crippen LogP contribution is -1.97. The summed E-state index contributed by atoms with van der Waals surface area (Å²) in [5, 5.41) is 0. The highest BCUT2D eigenvalue weighted by atomic mass is 33.1. The van der Waals surface area contributed by atoms with Gasteiger partial charge in [0.05, 0.1) is 13.2 Å². The normalized spacial score (nSPS) is 10.4. The minimum atomic E-state index is -2.06. The molecular weight excluding hydrogens is 307 g/mol. The zero-order valence-corrected chi connectivity index (χ0v) is 14.6. The van der Waals surface area contributed by atoms with Crippen LogP contribution < -0.4 is 0 Å². The fourth-order valence-corrected chi connectivity index (χ4v) is 1.76. The van der Waals surface area contributed by atoms with Crippen LogP contribution in [0.2, 0.25) is 0 Å². The first-order valence-corrected chi connectivity index (χ1v) is 9.74. The predicted molar refractivity (Wildman–Crippen MR) is 84.8 cm³/mol. The Labute approximate surface area is 127 Å². The maximum atomic E-state index is 9.02. The Morgan fingerprint density at radius 3 is 1.68 bits per heavy atom. The molecule has 0 unspecified atom stereocenters. The fourth-order valence-electron chi connectivity index (χ4n) is 0.675. The molecule has 0 aromatic heterocycles. The minimum Gasteiger partial charge on any atom is -0.325 e. The maximum absolute atomic E-state index is 9.02. The first-order valence-electron chi connectivity index (χ1n) is 6.57. The van der Waals surface area contributed by atoms with E-state index in [1.165, 1.54) is 12.2 Å². The SMILES string of the molecule is CCCCOOP(O)OOCCCC.CCCSS. The molecule has 0 heterocycles. The summed E-state index contributed by atoms with van der Waals surface area (Å²) >= 11 is 3.92. The van der Waals surface area contributed by atoms with Crippen molar-refractivity contribution in [2.45, 2.75) is 52.9 Å². The summed E-state index contributed by atoms with van der Waals surface area (Å²) in [5.41, 5.74) is 0. The van der Waals surface area contributed by atoms with E-state index < -0.39 is 8.60 Å². The van der Waals surface area contributed by atoms with E-state index in [0.717, 1.165) is 25.7 Å². The summed E-state index contributed by atoms with van der Waals surface area (Å²) in [6.45, 7) is 7.12. The molecule has 0 spiro atoms. The Balaban J connectivity index is 0. The predicted octanol–water partition coefficient (Wildman–Crippen LogP) is 4.68. The molecule has 0 aromatic carbocycles. The zero-order valence-electron chi connectivity index (χ0n) is 12.0. The summed E-state index contributed by atoms with van der Waals surface area (Å²) in [6, 6.07) is 0. The molecule has 5 nitrogen and oxygen atoms in total. The summed E-state index contributed by atoms with van der Waals surface area (Å²) < 4.78 is 8.99. The van der Waals surface area contributed by atoms with Crippen LogP contribution in [0.4, 0.5) is 0 Å². The molecule has 118 valence electrons. The van der Waals surface area contributed by atoms with Crippen molar-refractivity contribution in [3.63, 3.8) is 0 Å². The van der Waals surface area contributed by atoms with Crippen LogP contribution in [0, 0.1) is 0 Å². The molecule has 0 aromatic rings. The molecule has 0 amide bonds. The Bertz CT molecular complexity index is 143. The van der Waals surface area contributed by atoms with Crippen molar-refractivity contribution in [3.8, 4) is 0 Å². The van der Waals surface area contributed by atoms with Gasteiger partial charge in [-0.3, -0.25) is 0 Å². The van der Waals surface area contributed by atoms with E-state index >= 15 is 0 Å². The Morgan fingerprint density at radius 1 is 0.947 bits per heavy atom. The topological polar surface area (TPSA) is 57.2 Å². The van der Waals surface area contributed by atoms with Crippen molar-refractivity contribution in [2.75, 3.05) is 19.0 Å². The van der Waals surface area contributed by atoms with Crippen LogP contribution in [0.15, 0.2) is 0 Å². The lowest BCUT2D eigenvalue weighted by atomic mass is 10.4. The van der Waals surface area contributed by atoms with Crippen molar-refractivity contribution in [1.29, 1.82) is 0 Å². The second-order valence-electron chi connectivity index (χ2n) is 3.57. The van der Waals surface area contributed by atoms with Crippen LogP contribution in [-0.4, -0.2) is 23.9 Å². The van der Waals surface area contributed by atoms with Crippen LogP contribution in [0.3, 0.4) is 0 Å². The molecule has 8 heteroatoms. The van der Waals surface area contributed by atoms with Crippen LogP contribution in [-0.2, 0) is 19.1 Å². The molecule has 0 aliphatic rings. The Hall–Kier alpha value is 0.930. The highest BCUT2D eigenvalue weighted by Gasteiger charge is 2.08. The van der Waals surface area contributed by atoms with Gasteiger partial charge >= 0.3 is 8.60 Å². The Kier molecular flexibility index (Phi) is 24.8. The van der Waals surface area contributed by atoms with Crippen molar-refractivity contribution in [1.82, 2.24) is 0 Å². The van der Waals surface area contributed by atoms with Crippen molar-refractivity contribution >= 4 is 31.1 Å². The zero-order chi connectivity index (χ0) is 14.8. The first kappa shape index (κ1) is 22.2. The molecule has 0 aliphatic carbocycles. The average Bonchev–Trinajstić information content (AvgIpc) is 2.41. The maximum Gasteiger partial charge on any atom is 0.389 e. The second-order valence-corrected chi connectivity index (χ2v) is 5.79. The third kappa shape index (κ3) is 24.3. The fraction of sp³-hybridized carbons (Fsp3) is 1.00. The van der Waals surface area contributed by atoms with Gasteiger partial charge in [-0.1, -0.05) is 44.4 Å². The van der Waals surface area contributed by atoms with Gasteiger partial charge in [0.25, 0.3) is 0 Å². The molecule has 0 fully saturated rings. The summed E-state index contributed by atoms with van der Waals surface area (Å²) in [6.07, 6.45) is 5.04. The molecule has 0 bridgehead atoms. The third-order valence-electron chi connectivity index (χ3n) is 1.69. The molecule has 0 atom stereocenters. The summed E-state index contributed by atoms with van der Waals surface area (Å²) in [4.78, 5) is 18.4. The molecule has 0 saturated heterocycles. The number of rotatable bonds is 12. The number of hydrogen-bond acceptors (Lipinski definition) is 7. The van der Waals surface area contributed by atoms with Crippen molar-refractivity contribution < 1.29 is 24.0 Å². The van der Waals surface area contributed by atoms with Gasteiger partial charge in [-0.15, -0.1) is 11.7 Å². The molecule has 0 rings (SSSR count). The van der Waals surface area contributed by atoms with E-state index in [1.54, 1.807) is 10.8 Å². The van der Waals surface area contributed by atoms with Gasteiger partial charge in [0.2, 0.25) is 0 Å². The van der Waals surface area contributed by atoms with Crippen molar-refractivity contribution in [3.05, 3.63) is 0 Å². The van der Waals surface area contributed by atoms with E-state index in [-0.39, 0.29) is 0 Å². The Morgan fingerprint density at radius 2 is 1.42 bits per heavy atom. The molecule has 0 radical (unpaired) electrons. The van der Waals surface area contributed by atoms with Crippen LogP contribution >= 0.6 is 31.1 Å². The third-order valence-corrected chi connectivity index (χ3v) is 3.30. The van der Waals surface area contributed by atoms with E-state index in [1.807, 2.05) is 13.8 Å². The van der Waals surface area contributed by atoms with E-state index in [2.05, 4.69) is 37.7 Å². The monoisotopic (exact) mass is 334 g/mol. The van der Waals surface area contributed by atoms with E-state index in [4.69, 9.17) is 4.89 Å². The second kappa shape index (κ2) is 21.2. The lowest BCUT2D eigenvalue weighted by Gasteiger charge is -2.07. The van der Waals surface area contributed by atoms with Gasteiger partial charge in [-0.2, -0.15) is 9.35 Å². The lowest BCUT2D eigenvalue weighted by molar-refractivity contribution is -0.267. The molecule has 0 saturated carbocycles. The molecule has 1 N–H and O–H groups in total. The van der Waals surface area contributed by atoms with Gasteiger partial charge in [0, 0.05) is 5.75 Å². The average molecular weight is 334 g/mol. The highest BCUT2D eigenvalue weighted by Crippen LogP contribution is 2.33. The quantitative estimate of drug-likeness (QED) is 0.135. The number of hydrogen-bond donors (Lipinski definition) is 2. The summed E-state index contributed by atoms with van der Waals surface area (Å²) in [7, 11) is -0.462. The van der Waals surface area contributed by atoms with Crippen molar-refractivity contribution in [2.24, 2.45) is 0 Å². The summed E-state index contributed by atoms with van der Waals surface area (Å²) in [5.74, 6) is 1.17. The van der Waals surface area contributed by atoms with Gasteiger partial charge in [-0.25, -0.2) is 9.78 Å². The molecule has 0 aliphatic heterocycles. The van der Waals surface area contributed by atoms with E-state index in [9.17, 15) is 0 Å².